The van der Waals surface area contributed by atoms with Crippen molar-refractivity contribution in [2.75, 3.05) is 30.0 Å². The van der Waals surface area contributed by atoms with E-state index in [0.717, 1.165) is 30.1 Å². The van der Waals surface area contributed by atoms with E-state index in [2.05, 4.69) is 29.5 Å². The van der Waals surface area contributed by atoms with Gasteiger partial charge in [-0.3, -0.25) is 4.79 Å². The Labute approximate surface area is 151 Å². The summed E-state index contributed by atoms with van der Waals surface area (Å²) in [6.07, 6.45) is 8.19. The molecule has 0 aromatic heterocycles. The second kappa shape index (κ2) is 7.54. The van der Waals surface area contributed by atoms with E-state index in [9.17, 15) is 4.79 Å². The van der Waals surface area contributed by atoms with E-state index in [1.165, 1.54) is 32.1 Å². The zero-order chi connectivity index (χ0) is 18.0. The monoisotopic (exact) mass is 344 g/mol. The molecule has 5 heteroatoms. The maximum atomic E-state index is 13.0. The van der Waals surface area contributed by atoms with E-state index >= 15 is 0 Å². The van der Waals surface area contributed by atoms with Crippen LogP contribution in [-0.2, 0) is 0 Å². The van der Waals surface area contributed by atoms with Crippen molar-refractivity contribution in [3.63, 3.8) is 0 Å². The van der Waals surface area contributed by atoms with Gasteiger partial charge < -0.3 is 21.3 Å². The van der Waals surface area contributed by atoms with Gasteiger partial charge in [-0.2, -0.15) is 0 Å². The maximum Gasteiger partial charge on any atom is 0.253 e. The largest absolute Gasteiger partial charge is 0.397 e. The van der Waals surface area contributed by atoms with E-state index in [-0.39, 0.29) is 11.9 Å². The smallest absolute Gasteiger partial charge is 0.253 e. The average Bonchev–Trinajstić information content (AvgIpc) is 2.55. The van der Waals surface area contributed by atoms with Gasteiger partial charge in [0.2, 0.25) is 0 Å². The zero-order valence-corrected chi connectivity index (χ0v) is 15.8. The first-order valence-corrected chi connectivity index (χ1v) is 9.64. The quantitative estimate of drug-likeness (QED) is 0.714. The van der Waals surface area contributed by atoms with Crippen molar-refractivity contribution < 1.29 is 4.79 Å². The van der Waals surface area contributed by atoms with Crippen molar-refractivity contribution in [3.05, 3.63) is 17.7 Å². The Kier molecular flexibility index (Phi) is 5.40. The highest BCUT2D eigenvalue weighted by Gasteiger charge is 2.27. The Bertz CT molecular complexity index is 618. The number of carbonyl (C=O) groups is 1. The lowest BCUT2D eigenvalue weighted by Crippen LogP contribution is -2.41. The highest BCUT2D eigenvalue weighted by atomic mass is 16.1. The summed E-state index contributed by atoms with van der Waals surface area (Å²) < 4.78 is 0. The van der Waals surface area contributed by atoms with Crippen LogP contribution in [-0.4, -0.2) is 32.1 Å². The van der Waals surface area contributed by atoms with Gasteiger partial charge in [0.15, 0.2) is 0 Å². The second-order valence-electron chi connectivity index (χ2n) is 7.83. The molecule has 2 aliphatic rings. The summed E-state index contributed by atoms with van der Waals surface area (Å²) in [6.45, 7) is 2.29. The summed E-state index contributed by atoms with van der Waals surface area (Å²) in [5.74, 6) is 0.786. The van der Waals surface area contributed by atoms with Gasteiger partial charge in [-0.15, -0.1) is 0 Å². The topological polar surface area (TPSA) is 70.4 Å². The molecule has 25 heavy (non-hydrogen) atoms. The fourth-order valence-electron chi connectivity index (χ4n) is 3.93. The van der Waals surface area contributed by atoms with Crippen LogP contribution in [0.3, 0.4) is 0 Å². The van der Waals surface area contributed by atoms with Crippen molar-refractivity contribution in [2.45, 2.75) is 64.0 Å². The first-order valence-electron chi connectivity index (χ1n) is 9.64. The fourth-order valence-corrected chi connectivity index (χ4v) is 3.93. The van der Waals surface area contributed by atoms with Crippen molar-refractivity contribution in [1.29, 1.82) is 0 Å². The number of nitrogens with zero attached hydrogens (tertiary/aromatic N) is 1. The minimum absolute atomic E-state index is 0.00933. The minimum atomic E-state index is 0.00933. The number of hydrogen-bond donors (Lipinski definition) is 3. The molecule has 1 aromatic rings. The lowest BCUT2D eigenvalue weighted by atomic mass is 9.87. The van der Waals surface area contributed by atoms with Gasteiger partial charge in [-0.1, -0.05) is 6.92 Å². The summed E-state index contributed by atoms with van der Waals surface area (Å²) in [7, 11) is 3.95. The number of hydrogen-bond acceptors (Lipinski definition) is 4. The molecule has 5 nitrogen and oxygen atoms in total. The molecule has 0 aliphatic heterocycles. The number of rotatable bonds is 5. The number of amides is 1. The van der Waals surface area contributed by atoms with Crippen molar-refractivity contribution in [3.8, 4) is 0 Å². The Morgan fingerprint density at radius 2 is 1.84 bits per heavy atom. The standard InChI is InChI=1S/C20H32N4O/c1-13-7-9-14(10-8-13)23-20(25)16-11-17(21)18(22-2)12-19(16)24(3)15-5-4-6-15/h11-15,22H,4-10,21H2,1-3H3,(H,23,25)/t13-,14-. The van der Waals surface area contributed by atoms with Crippen LogP contribution >= 0.6 is 0 Å². The van der Waals surface area contributed by atoms with Crippen LogP contribution in [0.25, 0.3) is 0 Å². The molecule has 4 N–H and O–H groups in total. The first kappa shape index (κ1) is 17.9. The molecule has 2 aliphatic carbocycles. The number of nitrogens with one attached hydrogen (secondary N) is 2. The Morgan fingerprint density at radius 1 is 1.16 bits per heavy atom. The van der Waals surface area contributed by atoms with Gasteiger partial charge in [-0.05, 0) is 63.0 Å². The highest BCUT2D eigenvalue weighted by Crippen LogP contribution is 2.35. The van der Waals surface area contributed by atoms with Crippen molar-refractivity contribution >= 4 is 23.0 Å². The molecular weight excluding hydrogens is 312 g/mol. The van der Waals surface area contributed by atoms with Crippen LogP contribution in [0.2, 0.25) is 0 Å². The zero-order valence-electron chi connectivity index (χ0n) is 15.8. The molecule has 1 amide bonds. The average molecular weight is 345 g/mol. The van der Waals surface area contributed by atoms with Gasteiger partial charge in [0.25, 0.3) is 5.91 Å². The molecule has 0 saturated heterocycles. The number of carbonyl (C=O) groups excluding carboxylic acids is 1. The van der Waals surface area contributed by atoms with E-state index < -0.39 is 0 Å². The molecule has 0 unspecified atom stereocenters. The second-order valence-corrected chi connectivity index (χ2v) is 7.83. The molecule has 138 valence electrons. The molecule has 0 bridgehead atoms. The predicted molar refractivity (Wildman–Crippen MR) is 105 cm³/mol. The van der Waals surface area contributed by atoms with Crippen LogP contribution in [0.1, 0.15) is 62.2 Å². The summed E-state index contributed by atoms with van der Waals surface area (Å²) in [5, 5.41) is 6.38. The highest BCUT2D eigenvalue weighted by molar-refractivity contribution is 6.02. The molecule has 0 radical (unpaired) electrons. The van der Waals surface area contributed by atoms with Gasteiger partial charge >= 0.3 is 0 Å². The number of nitrogens with two attached hydrogens (primary N) is 1. The van der Waals surface area contributed by atoms with E-state index in [0.29, 0.717) is 17.3 Å². The van der Waals surface area contributed by atoms with Crippen molar-refractivity contribution in [1.82, 2.24) is 5.32 Å². The summed E-state index contributed by atoms with van der Waals surface area (Å²) in [4.78, 5) is 15.2. The molecule has 0 spiro atoms. The van der Waals surface area contributed by atoms with Gasteiger partial charge in [0.05, 0.1) is 22.6 Å². The van der Waals surface area contributed by atoms with Crippen LogP contribution in [0.15, 0.2) is 12.1 Å². The van der Waals surface area contributed by atoms with E-state index in [1.807, 2.05) is 19.2 Å². The summed E-state index contributed by atoms with van der Waals surface area (Å²) in [5.41, 5.74) is 9.33. The van der Waals surface area contributed by atoms with Crippen LogP contribution < -0.4 is 21.3 Å². The van der Waals surface area contributed by atoms with Crippen LogP contribution in [0, 0.1) is 5.92 Å². The molecule has 2 fully saturated rings. The normalized spacial score (nSPS) is 23.6. The van der Waals surface area contributed by atoms with Gasteiger partial charge in [-0.25, -0.2) is 0 Å². The molecule has 2 saturated carbocycles. The molecule has 0 heterocycles. The number of nitrogen functional groups attached to an aromatic ring is 1. The summed E-state index contributed by atoms with van der Waals surface area (Å²) >= 11 is 0. The third-order valence-corrected chi connectivity index (χ3v) is 6.04. The Balaban J connectivity index is 1.82. The Hall–Kier alpha value is -1.91. The molecule has 1 aromatic carbocycles. The molecule has 0 atom stereocenters. The molecule has 3 rings (SSSR count). The number of anilines is 3. The Morgan fingerprint density at radius 3 is 2.40 bits per heavy atom. The maximum absolute atomic E-state index is 13.0. The van der Waals surface area contributed by atoms with Crippen LogP contribution in [0.5, 0.6) is 0 Å². The number of benzene rings is 1. The predicted octanol–water partition coefficient (Wildman–Crippen LogP) is 3.61. The minimum Gasteiger partial charge on any atom is -0.397 e. The molecular formula is C20H32N4O. The first-order chi connectivity index (χ1) is 12.0. The van der Waals surface area contributed by atoms with E-state index in [4.69, 9.17) is 5.73 Å². The SMILES string of the molecule is CNc1cc(N(C)C2CCC2)c(C(=O)N[C@H]2CC[C@H](C)CC2)cc1N. The van der Waals surface area contributed by atoms with Crippen molar-refractivity contribution in [2.24, 2.45) is 5.92 Å². The third kappa shape index (κ3) is 3.86. The van der Waals surface area contributed by atoms with Gasteiger partial charge in [0.1, 0.15) is 0 Å². The summed E-state index contributed by atoms with van der Waals surface area (Å²) in [6, 6.07) is 4.66. The third-order valence-electron chi connectivity index (χ3n) is 6.04. The lowest BCUT2D eigenvalue weighted by molar-refractivity contribution is 0.0923. The van der Waals surface area contributed by atoms with Gasteiger partial charge in [0, 0.05) is 26.2 Å². The van der Waals surface area contributed by atoms with E-state index in [1.54, 1.807) is 0 Å². The lowest BCUT2D eigenvalue weighted by Gasteiger charge is -2.37. The van der Waals surface area contributed by atoms with Crippen LogP contribution in [0.4, 0.5) is 17.1 Å². The fraction of sp³-hybridized carbons (Fsp3) is 0.650.